The fourth-order valence-corrected chi connectivity index (χ4v) is 7.37. The van der Waals surface area contributed by atoms with Crippen LogP contribution in [0, 0.1) is 17.0 Å². The summed E-state index contributed by atoms with van der Waals surface area (Å²) in [5, 5.41) is 12.8. The van der Waals surface area contributed by atoms with Gasteiger partial charge < -0.3 is 0 Å². The predicted octanol–water partition coefficient (Wildman–Crippen LogP) is 4.36. The molecule has 9 nitrogen and oxygen atoms in total. The van der Waals surface area contributed by atoms with Gasteiger partial charge in [0.1, 0.15) is 18.0 Å². The second-order valence-corrected chi connectivity index (χ2v) is 14.0. The summed E-state index contributed by atoms with van der Waals surface area (Å²) in [5.74, 6) is -0.596. The molecule has 2 atom stereocenters. The Morgan fingerprint density at radius 3 is 2.58 bits per heavy atom. The molecule has 208 valence electrons. The van der Waals surface area contributed by atoms with Crippen molar-refractivity contribution in [2.24, 2.45) is 5.41 Å². The minimum Gasteiger partial charge on any atom is -0.229 e. The third-order valence-electron chi connectivity index (χ3n) is 8.75. The predicted molar refractivity (Wildman–Crippen MR) is 143 cm³/mol. The van der Waals surface area contributed by atoms with Crippen molar-refractivity contribution in [3.63, 3.8) is 0 Å². The quantitative estimate of drug-likeness (QED) is 0.325. The molecule has 12 heteroatoms. The number of fused-ring (bicyclic) bond motifs is 5. The first kappa shape index (κ1) is 26.5. The fraction of sp³-hybridized carbons (Fsp3) is 0.429. The van der Waals surface area contributed by atoms with Gasteiger partial charge in [-0.25, -0.2) is 32.2 Å². The monoisotopic (exact) mass is 565 g/mol. The number of benzene rings is 1. The molecule has 0 aliphatic heterocycles. The molecular formula is C28H29F2N7O2S. The molecule has 3 aromatic heterocycles. The van der Waals surface area contributed by atoms with E-state index in [1.54, 1.807) is 26.1 Å². The van der Waals surface area contributed by atoms with Crippen LogP contribution in [-0.2, 0) is 21.7 Å². The van der Waals surface area contributed by atoms with E-state index in [0.717, 1.165) is 29.8 Å². The molecule has 1 saturated carbocycles. The molecule has 0 amide bonds. The first-order valence-electron chi connectivity index (χ1n) is 13.2. The maximum Gasteiger partial charge on any atom is 0.252 e. The average molecular weight is 566 g/mol. The Labute approximate surface area is 231 Å². The van der Waals surface area contributed by atoms with Crippen LogP contribution >= 0.6 is 0 Å². The highest BCUT2D eigenvalue weighted by molar-refractivity contribution is 7.91. The van der Waals surface area contributed by atoms with Gasteiger partial charge in [0.25, 0.3) is 5.95 Å². The van der Waals surface area contributed by atoms with Crippen molar-refractivity contribution in [2.45, 2.75) is 63.5 Å². The van der Waals surface area contributed by atoms with E-state index >= 15 is 0 Å². The van der Waals surface area contributed by atoms with Gasteiger partial charge in [-0.2, -0.15) is 9.78 Å². The minimum absolute atomic E-state index is 0.0392. The summed E-state index contributed by atoms with van der Waals surface area (Å²) in [6, 6.07) is 7.39. The Morgan fingerprint density at radius 1 is 1.10 bits per heavy atom. The van der Waals surface area contributed by atoms with Gasteiger partial charge in [0.05, 0.1) is 39.1 Å². The van der Waals surface area contributed by atoms with E-state index in [2.05, 4.69) is 39.1 Å². The van der Waals surface area contributed by atoms with E-state index in [1.807, 2.05) is 6.07 Å². The third-order valence-corrected chi connectivity index (χ3v) is 11.0. The maximum atomic E-state index is 14.5. The lowest BCUT2D eigenvalue weighted by Crippen LogP contribution is -2.38. The van der Waals surface area contributed by atoms with Crippen molar-refractivity contribution in [2.75, 3.05) is 5.75 Å². The van der Waals surface area contributed by atoms with Crippen LogP contribution < -0.4 is 0 Å². The number of aryl methyl sites for hydroxylation is 1. The summed E-state index contributed by atoms with van der Waals surface area (Å²) in [7, 11) is -3.22. The minimum atomic E-state index is -3.22. The first-order valence-corrected chi connectivity index (χ1v) is 15.0. The maximum absolute atomic E-state index is 14.5. The van der Waals surface area contributed by atoms with Crippen LogP contribution in [0.15, 0.2) is 42.9 Å². The molecular weight excluding hydrogens is 536 g/mol. The fourth-order valence-electron chi connectivity index (χ4n) is 6.43. The highest BCUT2D eigenvalue weighted by Gasteiger charge is 2.65. The smallest absolute Gasteiger partial charge is 0.229 e. The molecule has 0 N–H and O–H groups in total. The zero-order valence-corrected chi connectivity index (χ0v) is 23.5. The van der Waals surface area contributed by atoms with Gasteiger partial charge in [-0.15, -0.1) is 10.2 Å². The van der Waals surface area contributed by atoms with Crippen molar-refractivity contribution in [3.05, 3.63) is 77.3 Å². The Balaban J connectivity index is 1.37. The van der Waals surface area contributed by atoms with Crippen LogP contribution in [-0.4, -0.2) is 54.4 Å². The van der Waals surface area contributed by atoms with Crippen LogP contribution in [0.4, 0.5) is 8.78 Å². The van der Waals surface area contributed by atoms with E-state index < -0.39 is 32.1 Å². The normalized spacial score (nSPS) is 21.2. The summed E-state index contributed by atoms with van der Waals surface area (Å²) in [5.41, 5.74) is 1.54. The van der Waals surface area contributed by atoms with Crippen LogP contribution in [0.3, 0.4) is 0 Å². The summed E-state index contributed by atoms with van der Waals surface area (Å²) < 4.78 is 55.0. The zero-order chi connectivity index (χ0) is 28.4. The Kier molecular flexibility index (Phi) is 6.10. The summed E-state index contributed by atoms with van der Waals surface area (Å²) in [6.07, 6.45) is 4.98. The van der Waals surface area contributed by atoms with Crippen LogP contribution in [0.25, 0.3) is 17.2 Å². The highest BCUT2D eigenvalue weighted by atomic mass is 32.2. The highest BCUT2D eigenvalue weighted by Crippen LogP contribution is 2.69. The van der Waals surface area contributed by atoms with Gasteiger partial charge in [0.2, 0.25) is 0 Å². The van der Waals surface area contributed by atoms with E-state index in [-0.39, 0.29) is 34.8 Å². The summed E-state index contributed by atoms with van der Waals surface area (Å²) in [4.78, 5) is 13.6. The molecule has 4 aromatic rings. The van der Waals surface area contributed by atoms with E-state index in [1.165, 1.54) is 29.2 Å². The molecule has 40 heavy (non-hydrogen) atoms. The topological polar surface area (TPSA) is 116 Å². The van der Waals surface area contributed by atoms with Gasteiger partial charge in [-0.3, -0.25) is 0 Å². The van der Waals surface area contributed by atoms with E-state index in [9.17, 15) is 17.2 Å². The zero-order valence-electron chi connectivity index (χ0n) is 22.6. The van der Waals surface area contributed by atoms with Crippen LogP contribution in [0.1, 0.15) is 69.2 Å². The number of halogens is 2. The molecule has 1 aromatic carbocycles. The molecule has 2 aliphatic rings. The molecule has 3 heterocycles. The molecule has 0 spiro atoms. The summed E-state index contributed by atoms with van der Waals surface area (Å²) in [6.45, 7) is 7.64. The Hall–Kier alpha value is -3.67. The molecule has 0 saturated heterocycles. The number of sulfone groups is 1. The largest absolute Gasteiger partial charge is 0.252 e. The van der Waals surface area contributed by atoms with Crippen LogP contribution in [0.5, 0.6) is 0 Å². The van der Waals surface area contributed by atoms with Gasteiger partial charge in [-0.1, -0.05) is 19.9 Å². The lowest BCUT2D eigenvalue weighted by molar-refractivity contribution is 0.242. The SMILES string of the molecule is CC(C)S(=O)(=O)CCc1ncn(-c2nccc([C@@]34CC[C@@H](c5cc(-c6c(F)cccc6F)nnc53)C4(C)C)n2)n1. The summed E-state index contributed by atoms with van der Waals surface area (Å²) >= 11 is 0. The van der Waals surface area contributed by atoms with Crippen LogP contribution in [0.2, 0.25) is 0 Å². The second-order valence-electron chi connectivity index (χ2n) is 11.4. The molecule has 2 bridgehead atoms. The van der Waals surface area contributed by atoms with Gasteiger partial charge in [0.15, 0.2) is 15.7 Å². The van der Waals surface area contributed by atoms with Gasteiger partial charge in [-0.05, 0) is 67.9 Å². The molecule has 1 fully saturated rings. The van der Waals surface area contributed by atoms with E-state index in [4.69, 9.17) is 4.98 Å². The van der Waals surface area contributed by atoms with E-state index in [0.29, 0.717) is 11.8 Å². The lowest BCUT2D eigenvalue weighted by Gasteiger charge is -2.37. The second kappa shape index (κ2) is 9.18. The van der Waals surface area contributed by atoms with Crippen molar-refractivity contribution >= 4 is 9.84 Å². The number of aromatic nitrogens is 7. The third kappa shape index (κ3) is 3.87. The Morgan fingerprint density at radius 2 is 1.85 bits per heavy atom. The molecule has 6 rings (SSSR count). The number of hydrogen-bond acceptors (Lipinski definition) is 8. The standard InChI is InChI=1S/C28H29F2N7O2S/c1-16(2)40(38,39)13-10-23-32-15-37(36-23)26-31-12-9-22(33-26)28-11-8-18(27(28,3)4)17-14-21(34-35-25(17)28)24-19(29)6-5-7-20(24)30/h5-7,9,12,14-16,18H,8,10-11,13H2,1-4H3/t18-,28-/m0/s1. The first-order chi connectivity index (χ1) is 19.0. The lowest BCUT2D eigenvalue weighted by atomic mass is 9.66. The van der Waals surface area contributed by atoms with Gasteiger partial charge >= 0.3 is 0 Å². The van der Waals surface area contributed by atoms with Crippen molar-refractivity contribution in [3.8, 4) is 17.2 Å². The molecule has 0 unspecified atom stereocenters. The van der Waals surface area contributed by atoms with Crippen molar-refractivity contribution in [1.82, 2.24) is 34.9 Å². The number of nitrogens with zero attached hydrogens (tertiary/aromatic N) is 7. The van der Waals surface area contributed by atoms with Crippen molar-refractivity contribution in [1.29, 1.82) is 0 Å². The van der Waals surface area contributed by atoms with Crippen molar-refractivity contribution < 1.29 is 17.2 Å². The number of hydrogen-bond donors (Lipinski definition) is 0. The van der Waals surface area contributed by atoms with Gasteiger partial charge in [0, 0.05) is 12.6 Å². The Bertz CT molecular complexity index is 1720. The molecule has 2 aliphatic carbocycles. The average Bonchev–Trinajstić information content (AvgIpc) is 3.55. The molecule has 0 radical (unpaired) electrons. The number of rotatable bonds is 7.